The van der Waals surface area contributed by atoms with Crippen molar-refractivity contribution in [2.24, 2.45) is 0 Å². The SMILES string of the molecule is Cc1c(Cl)cccc1S(=O)(=O)N(CC(=O)Nc1ccc(-c2cscc2NS(=O)(=O)c2cc(Br)c(Cl)s2)cc1)c1cscc1CCNS(=O)(=O)C(F)(F)F. The van der Waals surface area contributed by atoms with Gasteiger partial charge in [0.15, 0.2) is 0 Å². The molecule has 0 saturated carbocycles. The molecule has 53 heavy (non-hydrogen) atoms. The third kappa shape index (κ3) is 9.39. The molecule has 1 amide bonds. The maximum absolute atomic E-state index is 14.1. The van der Waals surface area contributed by atoms with Gasteiger partial charge in [-0.3, -0.25) is 13.8 Å². The van der Waals surface area contributed by atoms with E-state index in [4.69, 9.17) is 23.2 Å². The Morgan fingerprint density at radius 1 is 0.943 bits per heavy atom. The molecule has 0 atom stereocenters. The van der Waals surface area contributed by atoms with E-state index in [-0.39, 0.29) is 47.4 Å². The van der Waals surface area contributed by atoms with Crippen molar-refractivity contribution in [3.63, 3.8) is 0 Å². The minimum absolute atomic E-state index is 0.00630. The summed E-state index contributed by atoms with van der Waals surface area (Å²) in [5.41, 5.74) is -3.52. The number of hydrogen-bond acceptors (Lipinski definition) is 10. The van der Waals surface area contributed by atoms with Crippen LogP contribution in [0.2, 0.25) is 9.36 Å². The molecule has 5 aromatic rings. The van der Waals surface area contributed by atoms with Crippen LogP contribution in [0.4, 0.5) is 30.2 Å². The van der Waals surface area contributed by atoms with Crippen molar-refractivity contribution < 1.29 is 43.2 Å². The Bertz CT molecular complexity index is 2470. The summed E-state index contributed by atoms with van der Waals surface area (Å²) in [4.78, 5) is 13.2. The van der Waals surface area contributed by atoms with Crippen molar-refractivity contribution in [2.75, 3.05) is 27.4 Å². The lowest BCUT2D eigenvalue weighted by molar-refractivity contribution is -0.114. The van der Waals surface area contributed by atoms with E-state index >= 15 is 0 Å². The van der Waals surface area contributed by atoms with E-state index in [0.717, 1.165) is 27.0 Å². The lowest BCUT2D eigenvalue weighted by atomic mass is 10.1. The molecule has 3 heterocycles. The normalized spacial score (nSPS) is 12.5. The van der Waals surface area contributed by atoms with Crippen LogP contribution in [0.5, 0.6) is 0 Å². The Morgan fingerprint density at radius 2 is 1.62 bits per heavy atom. The molecule has 0 fully saturated rings. The number of nitrogens with one attached hydrogen (secondary N) is 3. The Kier molecular flexibility index (Phi) is 12.6. The van der Waals surface area contributed by atoms with E-state index in [0.29, 0.717) is 21.3 Å². The molecule has 11 nitrogen and oxygen atoms in total. The molecule has 0 bridgehead atoms. The first-order chi connectivity index (χ1) is 24.7. The molecule has 5 rings (SSSR count). The summed E-state index contributed by atoms with van der Waals surface area (Å²) in [7, 11) is -14.1. The van der Waals surface area contributed by atoms with E-state index in [1.807, 2.05) is 0 Å². The quantitative estimate of drug-likeness (QED) is 0.101. The molecule has 23 heteroatoms. The van der Waals surface area contributed by atoms with Crippen molar-refractivity contribution >= 4 is 126 Å². The van der Waals surface area contributed by atoms with E-state index in [2.05, 4.69) is 26.0 Å². The van der Waals surface area contributed by atoms with Gasteiger partial charge in [0.1, 0.15) is 15.1 Å². The summed E-state index contributed by atoms with van der Waals surface area (Å²) in [6.07, 6.45) is -0.336. The number of carbonyl (C=O) groups is 1. The number of hydrogen-bond donors (Lipinski definition) is 3. The number of nitrogens with zero attached hydrogens (tertiary/aromatic N) is 1. The van der Waals surface area contributed by atoms with Crippen molar-refractivity contribution in [3.8, 4) is 11.1 Å². The summed E-state index contributed by atoms with van der Waals surface area (Å²) in [6, 6.07) is 11.9. The lowest BCUT2D eigenvalue weighted by Crippen LogP contribution is -2.39. The monoisotopic (exact) mass is 950 g/mol. The van der Waals surface area contributed by atoms with Crippen LogP contribution in [-0.4, -0.2) is 49.8 Å². The van der Waals surface area contributed by atoms with Crippen LogP contribution in [0, 0.1) is 6.92 Å². The van der Waals surface area contributed by atoms with Gasteiger partial charge in [0.05, 0.1) is 16.3 Å². The van der Waals surface area contributed by atoms with Gasteiger partial charge in [-0.15, -0.1) is 34.0 Å². The van der Waals surface area contributed by atoms with Crippen LogP contribution in [0.25, 0.3) is 11.1 Å². The maximum Gasteiger partial charge on any atom is 0.511 e. The third-order valence-corrected chi connectivity index (χ3v) is 16.7. The number of sulfonamides is 3. The van der Waals surface area contributed by atoms with Crippen molar-refractivity contribution in [2.45, 2.75) is 28.0 Å². The van der Waals surface area contributed by atoms with E-state index in [1.54, 1.807) is 22.9 Å². The Balaban J connectivity index is 1.37. The topological polar surface area (TPSA) is 159 Å². The number of halogens is 6. The Labute approximate surface area is 333 Å². The van der Waals surface area contributed by atoms with Gasteiger partial charge in [0, 0.05) is 43.4 Å². The minimum atomic E-state index is -5.65. The standard InChI is InChI=1S/C30H24BrCl2F3N4O7S6/c1-17-23(32)3-2-4-26(17)52(44,45)40(25-16-48-13-19(25)9-10-37-53(46,47)30(34,35)36)12-27(41)38-20-7-5-18(6-8-20)21-14-49-15-24(21)39-51(42,43)28-11-22(31)29(33)50-28/h2-8,11,13-16,37,39H,9-10,12H2,1H3,(H,38,41). The predicted molar refractivity (Wildman–Crippen MR) is 208 cm³/mol. The number of amides is 1. The third-order valence-electron chi connectivity index (χ3n) is 7.33. The zero-order valence-corrected chi connectivity index (χ0v) is 34.6. The summed E-state index contributed by atoms with van der Waals surface area (Å²) in [6.45, 7) is -0.0227. The molecule has 3 N–H and O–H groups in total. The fourth-order valence-corrected chi connectivity index (χ4v) is 12.4. The molecule has 0 spiro atoms. The molecule has 0 radical (unpaired) electrons. The Hall–Kier alpha value is -2.73. The minimum Gasteiger partial charge on any atom is -0.325 e. The summed E-state index contributed by atoms with van der Waals surface area (Å²) in [5.74, 6) is -0.791. The number of thiophene rings is 3. The number of benzene rings is 2. The highest BCUT2D eigenvalue weighted by Gasteiger charge is 2.45. The predicted octanol–water partition coefficient (Wildman–Crippen LogP) is 8.53. The molecule has 0 aliphatic rings. The summed E-state index contributed by atoms with van der Waals surface area (Å²) in [5, 5.41) is 8.93. The van der Waals surface area contributed by atoms with Gasteiger partial charge >= 0.3 is 15.5 Å². The number of anilines is 3. The number of rotatable bonds is 14. The summed E-state index contributed by atoms with van der Waals surface area (Å²) >= 11 is 18.6. The second kappa shape index (κ2) is 16.2. The van der Waals surface area contributed by atoms with Crippen LogP contribution in [-0.2, 0) is 41.3 Å². The first-order valence-corrected chi connectivity index (χ1v) is 23.2. The number of alkyl halides is 3. The van der Waals surface area contributed by atoms with Gasteiger partial charge in [0.2, 0.25) is 5.91 Å². The maximum atomic E-state index is 14.1. The molecule has 0 saturated heterocycles. The first-order valence-electron chi connectivity index (χ1n) is 14.5. The van der Waals surface area contributed by atoms with Crippen molar-refractivity contribution in [1.82, 2.24) is 4.72 Å². The lowest BCUT2D eigenvalue weighted by Gasteiger charge is -2.25. The van der Waals surface area contributed by atoms with Crippen LogP contribution in [0.3, 0.4) is 0 Å². The molecule has 0 aliphatic heterocycles. The number of carbonyl (C=O) groups excluding carboxylic acids is 1. The average molecular weight is 953 g/mol. The highest BCUT2D eigenvalue weighted by Crippen LogP contribution is 2.38. The molecule has 0 aliphatic carbocycles. The molecule has 2 aromatic carbocycles. The van der Waals surface area contributed by atoms with E-state index in [9.17, 15) is 43.2 Å². The van der Waals surface area contributed by atoms with Crippen LogP contribution in [0.1, 0.15) is 11.1 Å². The first kappa shape index (κ1) is 41.4. The summed E-state index contributed by atoms with van der Waals surface area (Å²) < 4.78 is 121. The molecule has 0 unspecified atom stereocenters. The molecular weight excluding hydrogens is 929 g/mol. The van der Waals surface area contributed by atoms with Crippen LogP contribution in [0.15, 0.2) is 83.6 Å². The van der Waals surface area contributed by atoms with Gasteiger partial charge in [-0.1, -0.05) is 41.4 Å². The highest BCUT2D eigenvalue weighted by molar-refractivity contribution is 9.10. The molecular formula is C30H24BrCl2F3N4O7S6. The average Bonchev–Trinajstić information content (AvgIpc) is 3.81. The molecule has 3 aromatic heterocycles. The zero-order chi connectivity index (χ0) is 38.9. The van der Waals surface area contributed by atoms with Gasteiger partial charge < -0.3 is 5.32 Å². The van der Waals surface area contributed by atoms with Crippen LogP contribution >= 0.6 is 73.1 Å². The second-order valence-corrected chi connectivity index (χ2v) is 20.8. The van der Waals surface area contributed by atoms with E-state index < -0.39 is 54.6 Å². The van der Waals surface area contributed by atoms with Crippen molar-refractivity contribution in [1.29, 1.82) is 0 Å². The zero-order valence-electron chi connectivity index (χ0n) is 26.6. The molecule has 284 valence electrons. The largest absolute Gasteiger partial charge is 0.511 e. The van der Waals surface area contributed by atoms with Crippen molar-refractivity contribution in [3.05, 3.63) is 95.0 Å². The van der Waals surface area contributed by atoms with Gasteiger partial charge in [0.25, 0.3) is 20.0 Å². The fraction of sp³-hybridized carbons (Fsp3) is 0.167. The van der Waals surface area contributed by atoms with Gasteiger partial charge in [-0.2, -0.15) is 13.2 Å². The van der Waals surface area contributed by atoms with E-state index in [1.165, 1.54) is 70.1 Å². The second-order valence-electron chi connectivity index (χ2n) is 10.9. The van der Waals surface area contributed by atoms with Crippen LogP contribution < -0.4 is 19.1 Å². The highest BCUT2D eigenvalue weighted by atomic mass is 79.9. The van der Waals surface area contributed by atoms with Gasteiger partial charge in [-0.25, -0.2) is 30.0 Å². The Morgan fingerprint density at radius 3 is 2.26 bits per heavy atom. The van der Waals surface area contributed by atoms with Gasteiger partial charge in [-0.05, 0) is 81.7 Å². The smallest absolute Gasteiger partial charge is 0.325 e. The fourth-order valence-electron chi connectivity index (χ4n) is 4.73.